The van der Waals surface area contributed by atoms with Crippen molar-refractivity contribution in [2.45, 2.75) is 30.6 Å². The van der Waals surface area contributed by atoms with Gasteiger partial charge in [0.1, 0.15) is 10.6 Å². The smallest absolute Gasteiger partial charge is 0.298 e. The van der Waals surface area contributed by atoms with E-state index in [0.717, 1.165) is 16.7 Å². The number of benzene rings is 4. The number of hydrogen-bond donors (Lipinski definition) is 2. The SMILES string of the molecule is CC(c1ccccc1)c1ccc(C(C)c2cc(S(=O)(=O)O)c(O)cc2-c2ccccc2)cc1. The maximum absolute atomic E-state index is 11.9. The second-order valence-corrected chi connectivity index (χ2v) is 9.66. The molecule has 2 atom stereocenters. The van der Waals surface area contributed by atoms with Crippen LogP contribution in [0.1, 0.15) is 47.9 Å². The lowest BCUT2D eigenvalue weighted by molar-refractivity contribution is 0.443. The topological polar surface area (TPSA) is 74.6 Å². The van der Waals surface area contributed by atoms with Crippen LogP contribution in [0.15, 0.2) is 102 Å². The predicted octanol–water partition coefficient (Wildman–Crippen LogP) is 6.61. The zero-order chi connectivity index (χ0) is 23.6. The van der Waals surface area contributed by atoms with Crippen molar-refractivity contribution in [1.82, 2.24) is 0 Å². The minimum atomic E-state index is -4.57. The third kappa shape index (κ3) is 4.85. The van der Waals surface area contributed by atoms with Gasteiger partial charge in [-0.05, 0) is 45.5 Å². The molecule has 0 saturated carbocycles. The lowest BCUT2D eigenvalue weighted by Gasteiger charge is -2.20. The van der Waals surface area contributed by atoms with Gasteiger partial charge in [-0.15, -0.1) is 0 Å². The van der Waals surface area contributed by atoms with Gasteiger partial charge in [0.15, 0.2) is 0 Å². The molecule has 0 spiro atoms. The third-order valence-electron chi connectivity index (χ3n) is 6.20. The summed E-state index contributed by atoms with van der Waals surface area (Å²) in [6, 6.07) is 30.8. The Labute approximate surface area is 194 Å². The van der Waals surface area contributed by atoms with E-state index in [1.165, 1.54) is 23.3 Å². The molecule has 0 heterocycles. The molecule has 0 bridgehead atoms. The summed E-state index contributed by atoms with van der Waals surface area (Å²) in [7, 11) is -4.57. The molecule has 5 heteroatoms. The largest absolute Gasteiger partial charge is 0.506 e. The van der Waals surface area contributed by atoms with E-state index in [4.69, 9.17) is 0 Å². The molecule has 2 unspecified atom stereocenters. The Balaban J connectivity index is 1.76. The Hall–Kier alpha value is -3.41. The van der Waals surface area contributed by atoms with Crippen LogP contribution in [0, 0.1) is 0 Å². The van der Waals surface area contributed by atoms with Crippen molar-refractivity contribution >= 4 is 10.1 Å². The van der Waals surface area contributed by atoms with Crippen molar-refractivity contribution in [2.75, 3.05) is 0 Å². The Kier molecular flexibility index (Phi) is 6.36. The first-order valence-corrected chi connectivity index (χ1v) is 12.2. The fraction of sp³-hybridized carbons (Fsp3) is 0.143. The van der Waals surface area contributed by atoms with Crippen molar-refractivity contribution in [3.8, 4) is 16.9 Å². The molecule has 0 aromatic heterocycles. The summed E-state index contributed by atoms with van der Waals surface area (Å²) in [5, 5.41) is 10.3. The van der Waals surface area contributed by atoms with Crippen LogP contribution in [-0.4, -0.2) is 18.1 Å². The summed E-state index contributed by atoms with van der Waals surface area (Å²) in [6.07, 6.45) is 0. The molecule has 4 rings (SSSR count). The molecule has 4 aromatic rings. The van der Waals surface area contributed by atoms with Crippen LogP contribution in [0.2, 0.25) is 0 Å². The lowest BCUT2D eigenvalue weighted by Crippen LogP contribution is -2.05. The Bertz CT molecular complexity index is 1350. The summed E-state index contributed by atoms with van der Waals surface area (Å²) in [4.78, 5) is -0.488. The fourth-order valence-corrected chi connectivity index (χ4v) is 4.80. The van der Waals surface area contributed by atoms with Crippen LogP contribution in [0.5, 0.6) is 5.75 Å². The molecule has 168 valence electrons. The molecule has 0 amide bonds. The van der Waals surface area contributed by atoms with Crippen molar-refractivity contribution in [2.24, 2.45) is 0 Å². The third-order valence-corrected chi connectivity index (χ3v) is 7.08. The highest BCUT2D eigenvalue weighted by atomic mass is 32.2. The Morgan fingerprint density at radius 3 is 1.70 bits per heavy atom. The van der Waals surface area contributed by atoms with Gasteiger partial charge in [-0.3, -0.25) is 4.55 Å². The van der Waals surface area contributed by atoms with Gasteiger partial charge in [-0.2, -0.15) is 8.42 Å². The average molecular weight is 459 g/mol. The summed E-state index contributed by atoms with van der Waals surface area (Å²) >= 11 is 0. The second kappa shape index (κ2) is 9.22. The van der Waals surface area contributed by atoms with Gasteiger partial charge in [-0.1, -0.05) is 98.8 Å². The minimum absolute atomic E-state index is 0.178. The van der Waals surface area contributed by atoms with Gasteiger partial charge in [0, 0.05) is 11.8 Å². The molecule has 33 heavy (non-hydrogen) atoms. The van der Waals surface area contributed by atoms with Gasteiger partial charge >= 0.3 is 0 Å². The first kappa shape index (κ1) is 22.8. The van der Waals surface area contributed by atoms with Gasteiger partial charge in [0.2, 0.25) is 0 Å². The minimum Gasteiger partial charge on any atom is -0.506 e. The molecular weight excluding hydrogens is 432 g/mol. The predicted molar refractivity (Wildman–Crippen MR) is 131 cm³/mol. The number of rotatable bonds is 6. The number of phenolic OH excluding ortho intramolecular Hbond substituents is 1. The maximum Gasteiger partial charge on any atom is 0.298 e. The molecule has 0 radical (unpaired) electrons. The standard InChI is InChI=1S/C28H26O4S/c1-19(21-9-5-3-6-10-21)22-13-15-23(16-14-22)20(2)25-18-28(33(30,31)32)27(29)17-26(25)24-11-7-4-8-12-24/h3-20,29H,1-2H3,(H,30,31,32). The molecule has 0 aliphatic carbocycles. The van der Waals surface area contributed by atoms with Gasteiger partial charge < -0.3 is 5.11 Å². The summed E-state index contributed by atoms with van der Waals surface area (Å²) in [6.45, 7) is 4.15. The van der Waals surface area contributed by atoms with Gasteiger partial charge in [0.05, 0.1) is 0 Å². The van der Waals surface area contributed by atoms with Gasteiger partial charge in [0.25, 0.3) is 10.1 Å². The number of aromatic hydroxyl groups is 1. The van der Waals surface area contributed by atoms with E-state index in [1.54, 1.807) is 0 Å². The van der Waals surface area contributed by atoms with Crippen molar-refractivity contribution < 1.29 is 18.1 Å². The van der Waals surface area contributed by atoms with E-state index in [9.17, 15) is 18.1 Å². The molecule has 4 nitrogen and oxygen atoms in total. The lowest BCUT2D eigenvalue weighted by atomic mass is 9.85. The molecular formula is C28H26O4S. The van der Waals surface area contributed by atoms with E-state index < -0.39 is 20.8 Å². The molecule has 0 fully saturated rings. The summed E-state index contributed by atoms with van der Waals surface area (Å²) < 4.78 is 33.4. The van der Waals surface area contributed by atoms with Crippen molar-refractivity contribution in [3.05, 3.63) is 119 Å². The van der Waals surface area contributed by atoms with Crippen LogP contribution in [0.4, 0.5) is 0 Å². The molecule has 0 saturated heterocycles. The normalized spacial score (nSPS) is 13.4. The molecule has 2 N–H and O–H groups in total. The average Bonchev–Trinajstić information content (AvgIpc) is 2.83. The second-order valence-electron chi connectivity index (χ2n) is 8.27. The van der Waals surface area contributed by atoms with E-state index in [2.05, 4.69) is 31.2 Å². The fourth-order valence-electron chi connectivity index (χ4n) is 4.20. The monoisotopic (exact) mass is 458 g/mol. The van der Waals surface area contributed by atoms with Crippen LogP contribution in [0.25, 0.3) is 11.1 Å². The van der Waals surface area contributed by atoms with E-state index in [-0.39, 0.29) is 11.8 Å². The summed E-state index contributed by atoms with van der Waals surface area (Å²) in [5.41, 5.74) is 5.70. The summed E-state index contributed by atoms with van der Waals surface area (Å²) in [5.74, 6) is -0.406. The first-order chi connectivity index (χ1) is 15.8. The van der Waals surface area contributed by atoms with Crippen LogP contribution in [-0.2, 0) is 10.1 Å². The van der Waals surface area contributed by atoms with Gasteiger partial charge in [-0.25, -0.2) is 0 Å². The molecule has 0 aliphatic rings. The van der Waals surface area contributed by atoms with E-state index in [1.807, 2.05) is 67.6 Å². The van der Waals surface area contributed by atoms with Crippen molar-refractivity contribution in [3.63, 3.8) is 0 Å². The van der Waals surface area contributed by atoms with Crippen molar-refractivity contribution in [1.29, 1.82) is 0 Å². The number of hydrogen-bond acceptors (Lipinski definition) is 3. The highest BCUT2D eigenvalue weighted by Crippen LogP contribution is 2.39. The zero-order valence-electron chi connectivity index (χ0n) is 18.5. The van der Waals surface area contributed by atoms with Crippen LogP contribution < -0.4 is 0 Å². The quantitative estimate of drug-likeness (QED) is 0.319. The van der Waals surface area contributed by atoms with E-state index in [0.29, 0.717) is 5.56 Å². The Morgan fingerprint density at radius 1 is 0.667 bits per heavy atom. The van der Waals surface area contributed by atoms with Crippen LogP contribution >= 0.6 is 0 Å². The zero-order valence-corrected chi connectivity index (χ0v) is 19.3. The first-order valence-electron chi connectivity index (χ1n) is 10.8. The molecule has 4 aromatic carbocycles. The van der Waals surface area contributed by atoms with Crippen LogP contribution in [0.3, 0.4) is 0 Å². The highest BCUT2D eigenvalue weighted by molar-refractivity contribution is 7.86. The highest BCUT2D eigenvalue weighted by Gasteiger charge is 2.23. The number of phenols is 1. The van der Waals surface area contributed by atoms with E-state index >= 15 is 0 Å². The maximum atomic E-state index is 11.9. The Morgan fingerprint density at radius 2 is 1.15 bits per heavy atom. The molecule has 0 aliphatic heterocycles.